The summed E-state index contributed by atoms with van der Waals surface area (Å²) in [7, 11) is 0. The van der Waals surface area contributed by atoms with Gasteiger partial charge in [-0.15, -0.1) is 0 Å². The van der Waals surface area contributed by atoms with Gasteiger partial charge < -0.3 is 9.64 Å². The number of benzene rings is 3. The van der Waals surface area contributed by atoms with E-state index in [1.807, 2.05) is 41.3 Å². The molecule has 2 heterocycles. The van der Waals surface area contributed by atoms with Crippen molar-refractivity contribution in [2.75, 3.05) is 24.6 Å². The Balaban J connectivity index is 1.23. The molecule has 3 aromatic rings. The van der Waals surface area contributed by atoms with Crippen LogP contribution in [-0.2, 0) is 9.53 Å². The fourth-order valence-corrected chi connectivity index (χ4v) is 7.41. The first kappa shape index (κ1) is 32.7. The number of halogens is 2. The highest BCUT2D eigenvalue weighted by atomic mass is 35.5. The van der Waals surface area contributed by atoms with E-state index in [9.17, 15) is 19.7 Å². The van der Waals surface area contributed by atoms with Gasteiger partial charge >= 0.3 is 5.97 Å². The zero-order valence-electron chi connectivity index (χ0n) is 26.3. The molecule has 3 aromatic carbocycles. The Hall–Kier alpha value is -4.21. The summed E-state index contributed by atoms with van der Waals surface area (Å²) in [6, 6.07) is 18.9. The molecule has 4 unspecified atom stereocenters. The highest BCUT2D eigenvalue weighted by molar-refractivity contribution is 6.30. The second-order valence-corrected chi connectivity index (χ2v) is 13.7. The second-order valence-electron chi connectivity index (χ2n) is 12.8. The number of hydrogen-bond donors (Lipinski definition) is 0. The van der Waals surface area contributed by atoms with Crippen molar-refractivity contribution in [3.63, 3.8) is 0 Å². The maximum absolute atomic E-state index is 13.7. The average Bonchev–Trinajstić information content (AvgIpc) is 3.45. The molecule has 47 heavy (non-hydrogen) atoms. The first-order chi connectivity index (χ1) is 22.6. The molecule has 9 nitrogen and oxygen atoms in total. The van der Waals surface area contributed by atoms with E-state index in [-0.39, 0.29) is 17.2 Å². The zero-order chi connectivity index (χ0) is 33.2. The summed E-state index contributed by atoms with van der Waals surface area (Å²) in [5.74, 6) is -0.573. The average molecular weight is 676 g/mol. The van der Waals surface area contributed by atoms with E-state index in [0.29, 0.717) is 40.7 Å². The molecule has 0 N–H and O–H groups in total. The van der Waals surface area contributed by atoms with Gasteiger partial charge in [-0.05, 0) is 96.7 Å². The third-order valence-electron chi connectivity index (χ3n) is 9.12. The van der Waals surface area contributed by atoms with Crippen LogP contribution in [0.1, 0.15) is 67.1 Å². The van der Waals surface area contributed by atoms with Gasteiger partial charge in [-0.3, -0.25) is 14.9 Å². The highest BCUT2D eigenvalue weighted by Crippen LogP contribution is 2.44. The molecule has 0 spiro atoms. The van der Waals surface area contributed by atoms with Crippen molar-refractivity contribution in [3.05, 3.63) is 109 Å². The largest absolute Gasteiger partial charge is 0.452 e. The van der Waals surface area contributed by atoms with Gasteiger partial charge in [0, 0.05) is 35.1 Å². The lowest BCUT2D eigenvalue weighted by molar-refractivity contribution is -0.384. The number of piperidine rings is 1. The number of esters is 1. The van der Waals surface area contributed by atoms with Crippen LogP contribution in [0.3, 0.4) is 0 Å². The molecule has 11 heteroatoms. The molecule has 2 fully saturated rings. The van der Waals surface area contributed by atoms with Crippen LogP contribution < -0.4 is 4.90 Å². The number of nitro groups is 1. The third kappa shape index (κ3) is 7.21. The molecule has 4 atom stereocenters. The normalized spacial score (nSPS) is 23.3. The number of nitrogens with zero attached hydrogens (tertiary/aromatic N) is 4. The number of allylic oxidation sites excluding steroid dienone is 1. The van der Waals surface area contributed by atoms with E-state index in [0.717, 1.165) is 48.1 Å². The van der Waals surface area contributed by atoms with Gasteiger partial charge in [0.1, 0.15) is 5.69 Å². The number of rotatable bonds is 7. The predicted octanol–water partition coefficient (Wildman–Crippen LogP) is 8.36. The van der Waals surface area contributed by atoms with Gasteiger partial charge in [0.15, 0.2) is 6.61 Å². The van der Waals surface area contributed by atoms with Crippen LogP contribution in [0.4, 0.5) is 11.4 Å². The minimum absolute atomic E-state index is 0.00944. The maximum atomic E-state index is 13.7. The standard InChI is InChI=1S/C36H36Cl2N4O5/c1-22-16-23(2)20-40(19-22)31-15-10-27(18-32(31)42(45)46)36(44)47-21-33(43)41-35(25-8-13-29(38)14-9-25)30-5-3-4-26(34(30)39-41)17-24-6-11-28(37)12-7-24/h6-15,17-18,22-23,30,35H,3-5,16,19-21H2,1-2H3/b26-17-. The quantitative estimate of drug-likeness (QED) is 0.142. The smallest absolute Gasteiger partial charge is 0.338 e. The SMILES string of the molecule is CC1CC(C)CN(c2ccc(C(=O)OCC(=O)N3N=C4/C(=C\c5ccc(Cl)cc5)CCCC4C3c3ccc(Cl)cc3)cc2[N+](=O)[O-])C1. The fourth-order valence-electron chi connectivity index (χ4n) is 7.16. The van der Waals surface area contributed by atoms with E-state index in [4.69, 9.17) is 33.0 Å². The molecular formula is C36H36Cl2N4O5. The summed E-state index contributed by atoms with van der Waals surface area (Å²) < 4.78 is 5.46. The molecule has 1 saturated heterocycles. The monoisotopic (exact) mass is 674 g/mol. The van der Waals surface area contributed by atoms with Crippen molar-refractivity contribution in [3.8, 4) is 0 Å². The van der Waals surface area contributed by atoms with Crippen LogP contribution in [0.5, 0.6) is 0 Å². The van der Waals surface area contributed by atoms with E-state index >= 15 is 0 Å². The lowest BCUT2D eigenvalue weighted by atomic mass is 9.77. The maximum Gasteiger partial charge on any atom is 0.338 e. The Bertz CT molecular complexity index is 1730. The predicted molar refractivity (Wildman–Crippen MR) is 184 cm³/mol. The van der Waals surface area contributed by atoms with Crippen molar-refractivity contribution in [2.45, 2.75) is 45.6 Å². The molecule has 1 amide bonds. The summed E-state index contributed by atoms with van der Waals surface area (Å²) in [6.07, 6.45) is 5.71. The molecule has 1 saturated carbocycles. The Labute approximate surface area is 283 Å². The highest BCUT2D eigenvalue weighted by Gasteiger charge is 2.44. The Morgan fingerprint density at radius 3 is 2.32 bits per heavy atom. The van der Waals surface area contributed by atoms with Crippen molar-refractivity contribution in [1.29, 1.82) is 0 Å². The molecule has 0 radical (unpaired) electrons. The summed E-state index contributed by atoms with van der Waals surface area (Å²) in [5, 5.41) is 19.5. The molecule has 244 valence electrons. The molecule has 2 aliphatic heterocycles. The number of amides is 1. The molecular weight excluding hydrogens is 639 g/mol. The van der Waals surface area contributed by atoms with E-state index in [1.165, 1.54) is 17.1 Å². The van der Waals surface area contributed by atoms with Gasteiger partial charge in [-0.25, -0.2) is 9.80 Å². The van der Waals surface area contributed by atoms with Crippen molar-refractivity contribution >= 4 is 58.2 Å². The Morgan fingerprint density at radius 2 is 1.66 bits per heavy atom. The summed E-state index contributed by atoms with van der Waals surface area (Å²) in [5.41, 5.74) is 4.06. The Kier molecular flexibility index (Phi) is 9.66. The first-order valence-corrected chi connectivity index (χ1v) is 16.7. The number of hydrazone groups is 1. The van der Waals surface area contributed by atoms with Crippen molar-refractivity contribution in [2.24, 2.45) is 22.9 Å². The van der Waals surface area contributed by atoms with Gasteiger partial charge in [-0.2, -0.15) is 5.10 Å². The number of carbonyl (C=O) groups is 2. The minimum atomic E-state index is -0.816. The number of nitro benzene ring substituents is 1. The van der Waals surface area contributed by atoms with Crippen LogP contribution in [0.15, 0.2) is 77.4 Å². The van der Waals surface area contributed by atoms with Crippen LogP contribution in [0.25, 0.3) is 6.08 Å². The molecule has 6 rings (SSSR count). The molecule has 0 aromatic heterocycles. The van der Waals surface area contributed by atoms with Crippen LogP contribution in [0, 0.1) is 27.9 Å². The van der Waals surface area contributed by atoms with Crippen molar-refractivity contribution in [1.82, 2.24) is 5.01 Å². The second kappa shape index (κ2) is 13.9. The fraction of sp³-hybridized carbons (Fsp3) is 0.361. The molecule has 1 aliphatic carbocycles. The van der Waals surface area contributed by atoms with Gasteiger partial charge in [0.2, 0.25) is 0 Å². The summed E-state index contributed by atoms with van der Waals surface area (Å²) >= 11 is 12.3. The number of fused-ring (bicyclic) bond motifs is 1. The van der Waals surface area contributed by atoms with Gasteiger partial charge in [-0.1, -0.05) is 61.3 Å². The molecule has 0 bridgehead atoms. The topological polar surface area (TPSA) is 105 Å². The zero-order valence-corrected chi connectivity index (χ0v) is 27.8. The van der Waals surface area contributed by atoms with Crippen LogP contribution in [-0.4, -0.2) is 47.2 Å². The number of anilines is 1. The van der Waals surface area contributed by atoms with E-state index in [1.54, 1.807) is 18.2 Å². The molecule has 3 aliphatic rings. The minimum Gasteiger partial charge on any atom is -0.452 e. The lowest BCUT2D eigenvalue weighted by Crippen LogP contribution is -2.39. The van der Waals surface area contributed by atoms with E-state index in [2.05, 4.69) is 19.9 Å². The Morgan fingerprint density at radius 1 is 1.00 bits per heavy atom. The van der Waals surface area contributed by atoms with Crippen LogP contribution in [0.2, 0.25) is 10.0 Å². The van der Waals surface area contributed by atoms with Gasteiger partial charge in [0.05, 0.1) is 22.2 Å². The van der Waals surface area contributed by atoms with Gasteiger partial charge in [0.25, 0.3) is 11.6 Å². The lowest BCUT2D eigenvalue weighted by Gasteiger charge is -2.36. The number of ether oxygens (including phenoxy) is 1. The number of carbonyl (C=O) groups excluding carboxylic acids is 2. The third-order valence-corrected chi connectivity index (χ3v) is 9.63. The first-order valence-electron chi connectivity index (χ1n) is 15.9. The number of hydrogen-bond acceptors (Lipinski definition) is 7. The van der Waals surface area contributed by atoms with Crippen molar-refractivity contribution < 1.29 is 19.2 Å². The van der Waals surface area contributed by atoms with Crippen LogP contribution >= 0.6 is 23.2 Å². The van der Waals surface area contributed by atoms with E-state index < -0.39 is 29.4 Å². The summed E-state index contributed by atoms with van der Waals surface area (Å²) in [6.45, 7) is 5.10. The summed E-state index contributed by atoms with van der Waals surface area (Å²) in [4.78, 5) is 40.5.